The summed E-state index contributed by atoms with van der Waals surface area (Å²) in [4.78, 5) is 3.12. The summed E-state index contributed by atoms with van der Waals surface area (Å²) in [6.07, 6.45) is 6.94. The van der Waals surface area contributed by atoms with Gasteiger partial charge in [-0.05, 0) is 62.1 Å². The standard InChI is InChI=1S/C16H25NS/c1-3-11-8-9-12(18-11)10-15(17-4-2)16-13-6-5-7-14(13)16/h8-9,13-17H,3-7,10H2,1-2H3. The third kappa shape index (κ3) is 2.37. The SMILES string of the molecule is CCNC(Cc1ccc(CC)s1)C1C2CCCC21. The van der Waals surface area contributed by atoms with Crippen molar-refractivity contribution in [1.29, 1.82) is 0 Å². The van der Waals surface area contributed by atoms with Crippen LogP contribution in [0, 0.1) is 17.8 Å². The fourth-order valence-electron chi connectivity index (χ4n) is 4.02. The van der Waals surface area contributed by atoms with E-state index in [9.17, 15) is 0 Å². The van der Waals surface area contributed by atoms with Crippen LogP contribution in [0.15, 0.2) is 12.1 Å². The van der Waals surface area contributed by atoms with Gasteiger partial charge in [0.1, 0.15) is 0 Å². The number of nitrogens with one attached hydrogen (secondary N) is 1. The number of rotatable bonds is 6. The molecule has 2 saturated carbocycles. The van der Waals surface area contributed by atoms with Gasteiger partial charge in [0.15, 0.2) is 0 Å². The number of hydrogen-bond acceptors (Lipinski definition) is 2. The fourth-order valence-corrected chi connectivity index (χ4v) is 5.04. The highest BCUT2D eigenvalue weighted by Gasteiger charge is 2.55. The number of hydrogen-bond donors (Lipinski definition) is 1. The van der Waals surface area contributed by atoms with Crippen molar-refractivity contribution in [2.24, 2.45) is 17.8 Å². The summed E-state index contributed by atoms with van der Waals surface area (Å²) in [5.74, 6) is 3.13. The summed E-state index contributed by atoms with van der Waals surface area (Å²) >= 11 is 2.02. The Balaban J connectivity index is 1.63. The fraction of sp³-hybridized carbons (Fsp3) is 0.750. The molecular weight excluding hydrogens is 238 g/mol. The number of thiophene rings is 1. The molecule has 0 aromatic carbocycles. The maximum absolute atomic E-state index is 3.76. The second-order valence-corrected chi connectivity index (χ2v) is 7.18. The van der Waals surface area contributed by atoms with Gasteiger partial charge in [0, 0.05) is 15.8 Å². The Morgan fingerprint density at radius 3 is 2.56 bits per heavy atom. The summed E-state index contributed by atoms with van der Waals surface area (Å²) in [7, 11) is 0. The van der Waals surface area contributed by atoms with Crippen LogP contribution in [0.5, 0.6) is 0 Å². The van der Waals surface area contributed by atoms with E-state index in [0.29, 0.717) is 0 Å². The van der Waals surface area contributed by atoms with Gasteiger partial charge in [-0.15, -0.1) is 11.3 Å². The van der Waals surface area contributed by atoms with Gasteiger partial charge in [-0.25, -0.2) is 0 Å². The first kappa shape index (κ1) is 12.7. The van der Waals surface area contributed by atoms with E-state index in [2.05, 4.69) is 31.3 Å². The van der Waals surface area contributed by atoms with Crippen LogP contribution < -0.4 is 5.32 Å². The van der Waals surface area contributed by atoms with Gasteiger partial charge in [0.2, 0.25) is 0 Å². The van der Waals surface area contributed by atoms with Crippen molar-refractivity contribution in [3.63, 3.8) is 0 Å². The van der Waals surface area contributed by atoms with Crippen molar-refractivity contribution in [2.75, 3.05) is 6.54 Å². The minimum absolute atomic E-state index is 0.744. The third-order valence-electron chi connectivity index (χ3n) is 4.89. The first-order valence-corrected chi connectivity index (χ1v) is 8.46. The normalized spacial score (nSPS) is 31.3. The lowest BCUT2D eigenvalue weighted by molar-refractivity contribution is 0.412. The molecule has 100 valence electrons. The van der Waals surface area contributed by atoms with Gasteiger partial charge in [0.25, 0.3) is 0 Å². The Kier molecular flexibility index (Phi) is 3.76. The molecule has 0 radical (unpaired) electrons. The molecule has 2 aliphatic rings. The van der Waals surface area contributed by atoms with Crippen molar-refractivity contribution in [2.45, 2.75) is 52.0 Å². The van der Waals surface area contributed by atoms with Gasteiger partial charge >= 0.3 is 0 Å². The van der Waals surface area contributed by atoms with Crippen molar-refractivity contribution in [3.8, 4) is 0 Å². The first-order chi connectivity index (χ1) is 8.83. The van der Waals surface area contributed by atoms with Crippen LogP contribution in [0.25, 0.3) is 0 Å². The van der Waals surface area contributed by atoms with Crippen LogP contribution in [0.2, 0.25) is 0 Å². The van der Waals surface area contributed by atoms with Crippen LogP contribution in [0.1, 0.15) is 42.9 Å². The van der Waals surface area contributed by atoms with Crippen LogP contribution in [0.3, 0.4) is 0 Å². The van der Waals surface area contributed by atoms with E-state index in [1.165, 1.54) is 37.0 Å². The lowest BCUT2D eigenvalue weighted by Crippen LogP contribution is -2.34. The van der Waals surface area contributed by atoms with Crippen molar-refractivity contribution < 1.29 is 0 Å². The van der Waals surface area contributed by atoms with E-state index in [1.807, 2.05) is 11.3 Å². The smallest absolute Gasteiger partial charge is 0.0149 e. The molecule has 0 aliphatic heterocycles. The molecule has 0 spiro atoms. The summed E-state index contributed by atoms with van der Waals surface area (Å²) in [6, 6.07) is 5.41. The highest BCUT2D eigenvalue weighted by atomic mass is 32.1. The topological polar surface area (TPSA) is 12.0 Å². The first-order valence-electron chi connectivity index (χ1n) is 7.64. The van der Waals surface area contributed by atoms with Crippen LogP contribution in [0.4, 0.5) is 0 Å². The zero-order chi connectivity index (χ0) is 12.5. The highest BCUT2D eigenvalue weighted by molar-refractivity contribution is 7.11. The zero-order valence-corrected chi connectivity index (χ0v) is 12.4. The Bertz CT molecular complexity index is 388. The van der Waals surface area contributed by atoms with Crippen LogP contribution in [-0.4, -0.2) is 12.6 Å². The second-order valence-electron chi connectivity index (χ2n) is 5.93. The molecular formula is C16H25NS. The average molecular weight is 263 g/mol. The summed E-state index contributed by atoms with van der Waals surface area (Å²) in [5.41, 5.74) is 0. The molecule has 2 aliphatic carbocycles. The molecule has 3 unspecified atom stereocenters. The Hall–Kier alpha value is -0.340. The van der Waals surface area contributed by atoms with E-state index < -0.39 is 0 Å². The quantitative estimate of drug-likeness (QED) is 0.821. The van der Waals surface area contributed by atoms with Gasteiger partial charge in [0.05, 0.1) is 0 Å². The minimum Gasteiger partial charge on any atom is -0.314 e. The predicted octanol–water partition coefficient (Wildman–Crippen LogP) is 3.88. The molecule has 1 heterocycles. The second kappa shape index (κ2) is 5.34. The molecule has 18 heavy (non-hydrogen) atoms. The molecule has 0 saturated heterocycles. The molecule has 3 rings (SSSR count). The van der Waals surface area contributed by atoms with E-state index in [1.54, 1.807) is 4.88 Å². The monoisotopic (exact) mass is 263 g/mol. The van der Waals surface area contributed by atoms with Crippen molar-refractivity contribution in [1.82, 2.24) is 5.32 Å². The molecule has 0 amide bonds. The van der Waals surface area contributed by atoms with E-state index >= 15 is 0 Å². The number of fused-ring (bicyclic) bond motifs is 1. The Morgan fingerprint density at radius 2 is 1.94 bits per heavy atom. The summed E-state index contributed by atoms with van der Waals surface area (Å²) in [6.45, 7) is 5.62. The average Bonchev–Trinajstić information content (AvgIpc) is 2.79. The molecule has 2 heteroatoms. The van der Waals surface area contributed by atoms with Gasteiger partial charge in [-0.3, -0.25) is 0 Å². The number of aryl methyl sites for hydroxylation is 1. The molecule has 1 nitrogen and oxygen atoms in total. The molecule has 3 atom stereocenters. The minimum atomic E-state index is 0.744. The largest absolute Gasteiger partial charge is 0.314 e. The number of likely N-dealkylation sites (N-methyl/N-ethyl adjacent to an activating group) is 1. The molecule has 1 aromatic rings. The summed E-state index contributed by atoms with van der Waals surface area (Å²) in [5, 5.41) is 3.76. The van der Waals surface area contributed by atoms with E-state index in [0.717, 1.165) is 30.3 Å². The van der Waals surface area contributed by atoms with Gasteiger partial charge < -0.3 is 5.32 Å². The third-order valence-corrected chi connectivity index (χ3v) is 6.14. The maximum atomic E-state index is 3.76. The Morgan fingerprint density at radius 1 is 1.22 bits per heavy atom. The van der Waals surface area contributed by atoms with Crippen molar-refractivity contribution >= 4 is 11.3 Å². The molecule has 2 fully saturated rings. The lowest BCUT2D eigenvalue weighted by atomic mass is 10.0. The molecule has 1 aromatic heterocycles. The van der Waals surface area contributed by atoms with E-state index in [-0.39, 0.29) is 0 Å². The molecule has 0 bridgehead atoms. The summed E-state index contributed by atoms with van der Waals surface area (Å²) < 4.78 is 0. The van der Waals surface area contributed by atoms with Gasteiger partial charge in [-0.1, -0.05) is 20.3 Å². The van der Waals surface area contributed by atoms with Gasteiger partial charge in [-0.2, -0.15) is 0 Å². The Labute approximate surface area is 115 Å². The van der Waals surface area contributed by atoms with Crippen LogP contribution >= 0.6 is 11.3 Å². The van der Waals surface area contributed by atoms with Crippen molar-refractivity contribution in [3.05, 3.63) is 21.9 Å². The predicted molar refractivity (Wildman–Crippen MR) is 79.2 cm³/mol. The maximum Gasteiger partial charge on any atom is 0.0149 e. The van der Waals surface area contributed by atoms with E-state index in [4.69, 9.17) is 0 Å². The molecule has 1 N–H and O–H groups in total. The zero-order valence-electron chi connectivity index (χ0n) is 11.6. The van der Waals surface area contributed by atoms with Crippen LogP contribution in [-0.2, 0) is 12.8 Å². The highest BCUT2D eigenvalue weighted by Crippen LogP contribution is 2.59. The lowest BCUT2D eigenvalue weighted by Gasteiger charge is -2.19.